The third kappa shape index (κ3) is 3.90. The van der Waals surface area contributed by atoms with Gasteiger partial charge in [-0.1, -0.05) is 32.4 Å². The summed E-state index contributed by atoms with van der Waals surface area (Å²) in [7, 11) is 0. The molecule has 118 valence electrons. The summed E-state index contributed by atoms with van der Waals surface area (Å²) in [5.41, 5.74) is 0.381. The fraction of sp³-hybridized carbons (Fsp3) is 0.375. The number of aromatic nitrogens is 1. The molecule has 2 N–H and O–H groups in total. The number of nitrogens with one attached hydrogen (secondary N) is 1. The van der Waals surface area contributed by atoms with Gasteiger partial charge in [0.1, 0.15) is 15.7 Å². The lowest BCUT2D eigenvalue weighted by atomic mass is 10.0. The van der Waals surface area contributed by atoms with Crippen LogP contribution in [0.3, 0.4) is 0 Å². The van der Waals surface area contributed by atoms with E-state index in [4.69, 9.17) is 0 Å². The normalized spacial score (nSPS) is 13.6. The molecule has 1 amide bonds. The van der Waals surface area contributed by atoms with Crippen molar-refractivity contribution < 1.29 is 14.3 Å². The first-order valence-corrected chi connectivity index (χ1v) is 8.01. The van der Waals surface area contributed by atoms with Gasteiger partial charge in [0, 0.05) is 12.1 Å². The van der Waals surface area contributed by atoms with Gasteiger partial charge in [0.05, 0.1) is 12.3 Å². The van der Waals surface area contributed by atoms with Crippen molar-refractivity contribution in [2.75, 3.05) is 6.54 Å². The monoisotopic (exact) mass is 322 g/mol. The van der Waals surface area contributed by atoms with Crippen LogP contribution in [0.5, 0.6) is 0 Å². The molecule has 2 unspecified atom stereocenters. The van der Waals surface area contributed by atoms with E-state index in [9.17, 15) is 14.3 Å². The summed E-state index contributed by atoms with van der Waals surface area (Å²) in [6.45, 7) is 4.11. The molecule has 6 heteroatoms. The Bertz CT molecular complexity index is 645. The Kier molecular flexibility index (Phi) is 5.63. The summed E-state index contributed by atoms with van der Waals surface area (Å²) in [5, 5.41) is 13.0. The zero-order valence-corrected chi connectivity index (χ0v) is 13.4. The van der Waals surface area contributed by atoms with Crippen molar-refractivity contribution in [3.8, 4) is 10.6 Å². The number of rotatable bonds is 6. The highest BCUT2D eigenvalue weighted by molar-refractivity contribution is 7.16. The molecule has 1 heterocycles. The van der Waals surface area contributed by atoms with Crippen LogP contribution in [0.4, 0.5) is 4.39 Å². The van der Waals surface area contributed by atoms with Crippen molar-refractivity contribution >= 4 is 17.2 Å². The molecule has 4 nitrogen and oxygen atoms in total. The molecule has 1 aromatic heterocycles. The largest absolute Gasteiger partial charge is 0.391 e. The number of amides is 1. The predicted molar refractivity (Wildman–Crippen MR) is 85.3 cm³/mol. The standard InChI is InChI=1S/C16H19FN2O2S/c1-3-10(2)13(20)8-18-15(21)14-9-19-16(22-14)11-6-4-5-7-12(11)17/h4-7,9-10,13,20H,3,8H2,1-2H3,(H,18,21). The van der Waals surface area contributed by atoms with Gasteiger partial charge < -0.3 is 10.4 Å². The Morgan fingerprint density at radius 2 is 2.18 bits per heavy atom. The molecule has 22 heavy (non-hydrogen) atoms. The highest BCUT2D eigenvalue weighted by atomic mass is 32.1. The fourth-order valence-corrected chi connectivity index (χ4v) is 2.76. The molecular formula is C16H19FN2O2S. The minimum absolute atomic E-state index is 0.121. The topological polar surface area (TPSA) is 62.2 Å². The van der Waals surface area contributed by atoms with Gasteiger partial charge in [0.25, 0.3) is 5.91 Å². The molecule has 0 saturated heterocycles. The predicted octanol–water partition coefficient (Wildman–Crippen LogP) is 3.09. The molecule has 0 bridgehead atoms. The maximum atomic E-state index is 13.7. The van der Waals surface area contributed by atoms with Gasteiger partial charge in [-0.05, 0) is 18.1 Å². The van der Waals surface area contributed by atoms with Crippen LogP contribution in [-0.2, 0) is 0 Å². The van der Waals surface area contributed by atoms with Crippen molar-refractivity contribution in [3.63, 3.8) is 0 Å². The first-order chi connectivity index (χ1) is 10.5. The Balaban J connectivity index is 2.02. The van der Waals surface area contributed by atoms with Gasteiger partial charge in [-0.15, -0.1) is 11.3 Å². The quantitative estimate of drug-likeness (QED) is 0.859. The van der Waals surface area contributed by atoms with E-state index >= 15 is 0 Å². The van der Waals surface area contributed by atoms with Gasteiger partial charge in [0.15, 0.2) is 0 Å². The van der Waals surface area contributed by atoms with E-state index in [0.717, 1.165) is 17.8 Å². The number of carbonyl (C=O) groups excluding carboxylic acids is 1. The maximum absolute atomic E-state index is 13.7. The zero-order valence-electron chi connectivity index (χ0n) is 12.5. The van der Waals surface area contributed by atoms with Crippen molar-refractivity contribution in [3.05, 3.63) is 41.2 Å². The van der Waals surface area contributed by atoms with Crippen LogP contribution in [0.15, 0.2) is 30.5 Å². The fourth-order valence-electron chi connectivity index (χ4n) is 1.90. The number of thiazole rings is 1. The number of aliphatic hydroxyl groups excluding tert-OH is 1. The lowest BCUT2D eigenvalue weighted by Crippen LogP contribution is -2.35. The number of halogens is 1. The molecule has 0 aliphatic carbocycles. The summed E-state index contributed by atoms with van der Waals surface area (Å²) < 4.78 is 13.7. The van der Waals surface area contributed by atoms with Crippen LogP contribution < -0.4 is 5.32 Å². The molecule has 1 aromatic carbocycles. The Morgan fingerprint density at radius 3 is 2.86 bits per heavy atom. The van der Waals surface area contributed by atoms with E-state index in [1.165, 1.54) is 12.3 Å². The second-order valence-electron chi connectivity index (χ2n) is 5.17. The smallest absolute Gasteiger partial charge is 0.263 e. The Labute approximate surface area is 133 Å². The summed E-state index contributed by atoms with van der Waals surface area (Å²) in [4.78, 5) is 16.5. The molecule has 0 aliphatic rings. The molecule has 0 fully saturated rings. The molecule has 0 radical (unpaired) electrons. The van der Waals surface area contributed by atoms with Gasteiger partial charge in [0.2, 0.25) is 0 Å². The van der Waals surface area contributed by atoms with Crippen molar-refractivity contribution in [2.24, 2.45) is 5.92 Å². The zero-order chi connectivity index (χ0) is 16.1. The second-order valence-corrected chi connectivity index (χ2v) is 6.20. The van der Waals surface area contributed by atoms with E-state index in [2.05, 4.69) is 10.3 Å². The van der Waals surface area contributed by atoms with Crippen LogP contribution in [0.1, 0.15) is 29.9 Å². The molecule has 2 aromatic rings. The summed E-state index contributed by atoms with van der Waals surface area (Å²) in [6.07, 6.45) is 1.69. The molecule has 0 aliphatic heterocycles. The second kappa shape index (κ2) is 7.47. The van der Waals surface area contributed by atoms with Crippen LogP contribution >= 0.6 is 11.3 Å². The first kappa shape index (κ1) is 16.6. The molecular weight excluding hydrogens is 303 g/mol. The number of nitrogens with zero attached hydrogens (tertiary/aromatic N) is 1. The molecule has 2 rings (SSSR count). The Hall–Kier alpha value is -1.79. The molecule has 0 saturated carbocycles. The molecule has 2 atom stereocenters. The van der Waals surface area contributed by atoms with Crippen molar-refractivity contribution in [1.29, 1.82) is 0 Å². The van der Waals surface area contributed by atoms with Crippen LogP contribution in [0.2, 0.25) is 0 Å². The third-order valence-electron chi connectivity index (χ3n) is 3.61. The summed E-state index contributed by atoms with van der Waals surface area (Å²) >= 11 is 1.13. The molecule has 0 spiro atoms. The van der Waals surface area contributed by atoms with Gasteiger partial charge in [-0.25, -0.2) is 9.37 Å². The van der Waals surface area contributed by atoms with Crippen molar-refractivity contribution in [2.45, 2.75) is 26.4 Å². The van der Waals surface area contributed by atoms with Crippen LogP contribution in [-0.4, -0.2) is 28.6 Å². The average molecular weight is 322 g/mol. The minimum Gasteiger partial charge on any atom is -0.391 e. The van der Waals surface area contributed by atoms with E-state index in [1.807, 2.05) is 13.8 Å². The highest BCUT2D eigenvalue weighted by Crippen LogP contribution is 2.27. The van der Waals surface area contributed by atoms with Crippen molar-refractivity contribution in [1.82, 2.24) is 10.3 Å². The van der Waals surface area contributed by atoms with Gasteiger partial charge in [-0.2, -0.15) is 0 Å². The van der Waals surface area contributed by atoms with Gasteiger partial charge >= 0.3 is 0 Å². The SMILES string of the molecule is CCC(C)C(O)CNC(=O)c1cnc(-c2ccccc2F)s1. The van der Waals surface area contributed by atoms with Crippen LogP contribution in [0.25, 0.3) is 10.6 Å². The van der Waals surface area contributed by atoms with E-state index in [0.29, 0.717) is 15.4 Å². The lowest BCUT2D eigenvalue weighted by Gasteiger charge is -2.17. The number of hydrogen-bond acceptors (Lipinski definition) is 4. The van der Waals surface area contributed by atoms with E-state index < -0.39 is 6.10 Å². The average Bonchev–Trinajstić information content (AvgIpc) is 3.01. The maximum Gasteiger partial charge on any atom is 0.263 e. The number of aliphatic hydroxyl groups is 1. The number of hydrogen-bond donors (Lipinski definition) is 2. The third-order valence-corrected chi connectivity index (χ3v) is 4.64. The first-order valence-electron chi connectivity index (χ1n) is 7.20. The van der Waals surface area contributed by atoms with Crippen LogP contribution in [0, 0.1) is 11.7 Å². The van der Waals surface area contributed by atoms with E-state index in [1.54, 1.807) is 18.2 Å². The summed E-state index contributed by atoms with van der Waals surface area (Å²) in [5.74, 6) is -0.547. The highest BCUT2D eigenvalue weighted by Gasteiger charge is 2.17. The minimum atomic E-state index is -0.576. The Morgan fingerprint density at radius 1 is 1.45 bits per heavy atom. The van der Waals surface area contributed by atoms with E-state index in [-0.39, 0.29) is 24.2 Å². The lowest BCUT2D eigenvalue weighted by molar-refractivity contribution is 0.0853. The van der Waals surface area contributed by atoms with Gasteiger partial charge in [-0.3, -0.25) is 4.79 Å². The number of benzene rings is 1. The summed E-state index contributed by atoms with van der Waals surface area (Å²) in [6, 6.07) is 6.32. The number of carbonyl (C=O) groups is 1.